The van der Waals surface area contributed by atoms with Crippen molar-refractivity contribution in [1.29, 1.82) is 0 Å². The number of amides is 2. The second-order valence-corrected chi connectivity index (χ2v) is 3.54. The van der Waals surface area contributed by atoms with Gasteiger partial charge in [-0.1, -0.05) is 0 Å². The molecule has 0 aliphatic carbocycles. The molecule has 5 heteroatoms. The quantitative estimate of drug-likeness (QED) is 0.612. The summed E-state index contributed by atoms with van der Waals surface area (Å²) in [7, 11) is 0. The molecule has 0 unspecified atom stereocenters. The summed E-state index contributed by atoms with van der Waals surface area (Å²) >= 11 is 0. The van der Waals surface area contributed by atoms with Crippen LogP contribution in [0.1, 0.15) is 12.8 Å². The minimum atomic E-state index is -0.0575. The summed E-state index contributed by atoms with van der Waals surface area (Å²) in [6, 6.07) is 0. The molecule has 0 atom stereocenters. The average molecular weight is 207 g/mol. The first-order chi connectivity index (χ1) is 7.27. The molecule has 1 fully saturated rings. The summed E-state index contributed by atoms with van der Waals surface area (Å²) in [5, 5.41) is 0. The average Bonchev–Trinajstić information content (AvgIpc) is 2.58. The molecular formula is C10H13N3O2. The van der Waals surface area contributed by atoms with Gasteiger partial charge in [0.2, 0.25) is 11.8 Å². The van der Waals surface area contributed by atoms with Gasteiger partial charge in [-0.2, -0.15) is 0 Å². The molecule has 0 saturated carbocycles. The lowest BCUT2D eigenvalue weighted by molar-refractivity contribution is -0.138. The number of hydrogen-bond donors (Lipinski definition) is 0. The Balaban J connectivity index is 1.84. The van der Waals surface area contributed by atoms with Crippen LogP contribution in [0, 0.1) is 0 Å². The first kappa shape index (κ1) is 9.89. The van der Waals surface area contributed by atoms with Crippen molar-refractivity contribution in [1.82, 2.24) is 9.80 Å². The topological polar surface area (TPSA) is 53.0 Å². The summed E-state index contributed by atoms with van der Waals surface area (Å²) < 4.78 is 0. The summed E-state index contributed by atoms with van der Waals surface area (Å²) in [4.78, 5) is 29.9. The highest BCUT2D eigenvalue weighted by Crippen LogP contribution is 2.11. The largest absolute Gasteiger partial charge is 0.338 e. The summed E-state index contributed by atoms with van der Waals surface area (Å²) in [6.45, 7) is 1.78. The maximum absolute atomic E-state index is 11.3. The molecule has 0 N–H and O–H groups in total. The Morgan fingerprint density at radius 1 is 1.20 bits per heavy atom. The standard InChI is InChI=1S/C10H13N3O2/c14-9-2-3-10(15)13(9)7-6-12-5-1-4-11-8-12/h1,5,8H,2-4,6-7H2. The molecule has 0 aromatic rings. The highest BCUT2D eigenvalue weighted by atomic mass is 16.2. The second-order valence-electron chi connectivity index (χ2n) is 3.54. The fraction of sp³-hybridized carbons (Fsp3) is 0.500. The van der Waals surface area contributed by atoms with E-state index in [4.69, 9.17) is 0 Å². The molecule has 0 aromatic carbocycles. The van der Waals surface area contributed by atoms with Gasteiger partial charge in [0.05, 0.1) is 12.9 Å². The van der Waals surface area contributed by atoms with E-state index >= 15 is 0 Å². The van der Waals surface area contributed by atoms with Crippen LogP contribution in [0.4, 0.5) is 0 Å². The Bertz CT molecular complexity index is 308. The van der Waals surface area contributed by atoms with Gasteiger partial charge in [-0.15, -0.1) is 0 Å². The zero-order valence-electron chi connectivity index (χ0n) is 8.43. The van der Waals surface area contributed by atoms with Gasteiger partial charge in [0, 0.05) is 32.1 Å². The zero-order chi connectivity index (χ0) is 10.7. The number of imide groups is 1. The molecule has 2 rings (SSSR count). The van der Waals surface area contributed by atoms with E-state index in [2.05, 4.69) is 4.99 Å². The van der Waals surface area contributed by atoms with E-state index < -0.39 is 0 Å². The maximum atomic E-state index is 11.3. The lowest BCUT2D eigenvalue weighted by Gasteiger charge is -2.20. The van der Waals surface area contributed by atoms with Gasteiger partial charge in [-0.25, -0.2) is 0 Å². The third kappa shape index (κ3) is 2.23. The predicted octanol–water partition coefficient (Wildman–Crippen LogP) is -0.00700. The van der Waals surface area contributed by atoms with Crippen LogP contribution in [0.3, 0.4) is 0 Å². The number of aliphatic imine (C=N–C) groups is 1. The van der Waals surface area contributed by atoms with E-state index in [0.29, 0.717) is 32.5 Å². The smallest absolute Gasteiger partial charge is 0.229 e. The predicted molar refractivity (Wildman–Crippen MR) is 55.2 cm³/mol. The van der Waals surface area contributed by atoms with Crippen LogP contribution in [-0.2, 0) is 9.59 Å². The first-order valence-electron chi connectivity index (χ1n) is 5.03. The van der Waals surface area contributed by atoms with Crippen LogP contribution < -0.4 is 0 Å². The van der Waals surface area contributed by atoms with E-state index in [1.807, 2.05) is 17.2 Å². The molecule has 0 radical (unpaired) electrons. The van der Waals surface area contributed by atoms with Crippen molar-refractivity contribution in [3.8, 4) is 0 Å². The van der Waals surface area contributed by atoms with Crippen molar-refractivity contribution < 1.29 is 9.59 Å². The van der Waals surface area contributed by atoms with Gasteiger partial charge in [0.25, 0.3) is 0 Å². The lowest BCUT2D eigenvalue weighted by atomic mass is 10.4. The maximum Gasteiger partial charge on any atom is 0.229 e. The fourth-order valence-electron chi connectivity index (χ4n) is 1.65. The van der Waals surface area contributed by atoms with Gasteiger partial charge in [-0.05, 0) is 6.08 Å². The molecule has 2 amide bonds. The number of rotatable bonds is 3. The molecule has 2 heterocycles. The summed E-state index contributed by atoms with van der Waals surface area (Å²) in [5.74, 6) is -0.115. The Kier molecular flexibility index (Phi) is 2.80. The number of nitrogens with zero attached hydrogens (tertiary/aromatic N) is 3. The Labute approximate surface area is 88.1 Å². The van der Waals surface area contributed by atoms with E-state index in [0.717, 1.165) is 0 Å². The van der Waals surface area contributed by atoms with Gasteiger partial charge < -0.3 is 4.90 Å². The number of likely N-dealkylation sites (tertiary alicyclic amines) is 1. The lowest BCUT2D eigenvalue weighted by Crippen LogP contribution is -2.36. The van der Waals surface area contributed by atoms with E-state index in [-0.39, 0.29) is 11.8 Å². The zero-order valence-corrected chi connectivity index (χ0v) is 8.43. The molecule has 15 heavy (non-hydrogen) atoms. The molecule has 1 saturated heterocycles. The molecule has 5 nitrogen and oxygen atoms in total. The van der Waals surface area contributed by atoms with Crippen LogP contribution >= 0.6 is 0 Å². The van der Waals surface area contributed by atoms with Crippen molar-refractivity contribution in [3.63, 3.8) is 0 Å². The molecule has 0 spiro atoms. The van der Waals surface area contributed by atoms with Crippen LogP contribution in [0.2, 0.25) is 0 Å². The molecule has 0 aromatic heterocycles. The van der Waals surface area contributed by atoms with E-state index in [9.17, 15) is 9.59 Å². The summed E-state index contributed by atoms with van der Waals surface area (Å²) in [6.07, 6.45) is 6.31. The highest BCUT2D eigenvalue weighted by molar-refractivity contribution is 6.01. The van der Waals surface area contributed by atoms with Crippen LogP contribution in [-0.4, -0.2) is 47.6 Å². The van der Waals surface area contributed by atoms with Gasteiger partial charge in [0.15, 0.2) is 0 Å². The highest BCUT2D eigenvalue weighted by Gasteiger charge is 2.28. The van der Waals surface area contributed by atoms with Crippen LogP contribution in [0.5, 0.6) is 0 Å². The fourth-order valence-corrected chi connectivity index (χ4v) is 1.65. The number of hydrogen-bond acceptors (Lipinski definition) is 4. The molecule has 2 aliphatic rings. The van der Waals surface area contributed by atoms with Gasteiger partial charge >= 0.3 is 0 Å². The van der Waals surface area contributed by atoms with Crippen LogP contribution in [0.25, 0.3) is 0 Å². The monoisotopic (exact) mass is 207 g/mol. The Morgan fingerprint density at radius 2 is 1.93 bits per heavy atom. The van der Waals surface area contributed by atoms with Crippen molar-refractivity contribution in [3.05, 3.63) is 12.3 Å². The number of carbonyl (C=O) groups excluding carboxylic acids is 2. The van der Waals surface area contributed by atoms with E-state index in [1.54, 1.807) is 6.34 Å². The SMILES string of the molecule is O=C1CCC(=O)N1CCN1C=CCN=C1. The van der Waals surface area contributed by atoms with Crippen LogP contribution in [0.15, 0.2) is 17.3 Å². The minimum Gasteiger partial charge on any atom is -0.338 e. The van der Waals surface area contributed by atoms with Crippen molar-refractivity contribution >= 4 is 18.2 Å². The molecular weight excluding hydrogens is 194 g/mol. The molecule has 80 valence electrons. The van der Waals surface area contributed by atoms with Gasteiger partial charge in [0.1, 0.15) is 0 Å². The first-order valence-corrected chi connectivity index (χ1v) is 5.03. The third-order valence-electron chi connectivity index (χ3n) is 2.47. The molecule has 2 aliphatic heterocycles. The summed E-state index contributed by atoms with van der Waals surface area (Å²) in [5.41, 5.74) is 0. The van der Waals surface area contributed by atoms with Crippen molar-refractivity contribution in [2.45, 2.75) is 12.8 Å². The minimum absolute atomic E-state index is 0.0575. The van der Waals surface area contributed by atoms with Gasteiger partial charge in [-0.3, -0.25) is 19.5 Å². The normalized spacial score (nSPS) is 20.5. The van der Waals surface area contributed by atoms with E-state index in [1.165, 1.54) is 4.90 Å². The van der Waals surface area contributed by atoms with Crippen molar-refractivity contribution in [2.75, 3.05) is 19.6 Å². The number of carbonyl (C=O) groups is 2. The second kappa shape index (κ2) is 4.25. The Hall–Kier alpha value is -1.65. The molecule has 0 bridgehead atoms. The Morgan fingerprint density at radius 3 is 2.53 bits per heavy atom. The third-order valence-corrected chi connectivity index (χ3v) is 2.47. The van der Waals surface area contributed by atoms with Crippen molar-refractivity contribution in [2.24, 2.45) is 4.99 Å².